The first-order valence-corrected chi connectivity index (χ1v) is 8.42. The fourth-order valence-electron chi connectivity index (χ4n) is 2.59. The van der Waals surface area contributed by atoms with Gasteiger partial charge in [-0.1, -0.05) is 0 Å². The van der Waals surface area contributed by atoms with Gasteiger partial charge in [0.2, 0.25) is 0 Å². The number of nitro groups is 1. The molecule has 3 aromatic rings. The lowest BCUT2D eigenvalue weighted by Crippen LogP contribution is -2.25. The summed E-state index contributed by atoms with van der Waals surface area (Å²) in [6, 6.07) is 12.2. The molecule has 0 unspecified atom stereocenters. The van der Waals surface area contributed by atoms with Gasteiger partial charge in [0.15, 0.2) is 0 Å². The molecule has 0 bridgehead atoms. The summed E-state index contributed by atoms with van der Waals surface area (Å²) in [4.78, 5) is 36.6. The van der Waals surface area contributed by atoms with Gasteiger partial charge in [-0.05, 0) is 53.6 Å². The lowest BCUT2D eigenvalue weighted by molar-refractivity contribution is -0.384. The second kappa shape index (κ2) is 8.61. The number of carboxylic acid groups (broad SMARTS) is 2. The maximum atomic E-state index is 11.1. The summed E-state index contributed by atoms with van der Waals surface area (Å²) in [7, 11) is 0. The number of non-ortho nitro benzene ring substituents is 1. The van der Waals surface area contributed by atoms with E-state index in [2.05, 4.69) is 15.5 Å². The van der Waals surface area contributed by atoms with Crippen molar-refractivity contribution in [3.05, 3.63) is 99.4 Å². The number of carboxylic acids is 2. The average molecular weight is 404 g/mol. The summed E-state index contributed by atoms with van der Waals surface area (Å²) >= 11 is 0. The highest BCUT2D eigenvalue weighted by molar-refractivity contribution is 6.13. The van der Waals surface area contributed by atoms with E-state index in [0.29, 0.717) is 16.8 Å². The van der Waals surface area contributed by atoms with Crippen LogP contribution in [-0.2, 0) is 0 Å². The van der Waals surface area contributed by atoms with Crippen LogP contribution in [0.2, 0.25) is 0 Å². The summed E-state index contributed by atoms with van der Waals surface area (Å²) in [5, 5.41) is 37.4. The van der Waals surface area contributed by atoms with E-state index in [1.54, 1.807) is 12.1 Å². The Morgan fingerprint density at radius 2 is 1.37 bits per heavy atom. The number of pyridine rings is 1. The zero-order valence-electron chi connectivity index (χ0n) is 15.1. The van der Waals surface area contributed by atoms with E-state index in [1.807, 2.05) is 0 Å². The predicted molar refractivity (Wildman–Crippen MR) is 102 cm³/mol. The van der Waals surface area contributed by atoms with Crippen LogP contribution >= 0.6 is 0 Å². The van der Waals surface area contributed by atoms with Crippen LogP contribution in [0, 0.1) is 10.1 Å². The van der Waals surface area contributed by atoms with Crippen LogP contribution in [0.1, 0.15) is 31.8 Å². The molecule has 1 aromatic heterocycles. The number of hydrazone groups is 1. The van der Waals surface area contributed by atoms with Crippen molar-refractivity contribution >= 4 is 29.0 Å². The second-order valence-electron chi connectivity index (χ2n) is 5.99. The van der Waals surface area contributed by atoms with E-state index in [1.165, 1.54) is 36.7 Å². The molecule has 30 heavy (non-hydrogen) atoms. The maximum absolute atomic E-state index is 11.1. The molecule has 0 spiro atoms. The minimum atomic E-state index is -1.56. The molecule has 0 aliphatic heterocycles. The first-order valence-electron chi connectivity index (χ1n) is 8.42. The number of nitrogens with zero attached hydrogens (tertiary/aromatic N) is 3. The predicted octanol–water partition coefficient (Wildman–Crippen LogP) is 0.581. The smallest absolute Gasteiger partial charge is 0.269 e. The molecule has 0 aliphatic carbocycles. The molecule has 0 fully saturated rings. The minimum Gasteiger partial charge on any atom is -0.545 e. The third-order valence-electron chi connectivity index (χ3n) is 4.01. The van der Waals surface area contributed by atoms with Gasteiger partial charge in [0.05, 0.1) is 28.3 Å². The number of nitrogens with one attached hydrogen (secondary N) is 1. The van der Waals surface area contributed by atoms with Crippen molar-refractivity contribution in [2.45, 2.75) is 0 Å². The van der Waals surface area contributed by atoms with Gasteiger partial charge in [0, 0.05) is 35.7 Å². The zero-order chi connectivity index (χ0) is 21.7. The van der Waals surface area contributed by atoms with Gasteiger partial charge in [0.1, 0.15) is 0 Å². The van der Waals surface area contributed by atoms with Crippen molar-refractivity contribution in [2.75, 3.05) is 5.43 Å². The number of hydrogen-bond acceptors (Lipinski definition) is 9. The highest BCUT2D eigenvalue weighted by Crippen LogP contribution is 2.18. The molecule has 0 radical (unpaired) electrons. The molecule has 0 saturated carbocycles. The Labute approximate surface area is 169 Å². The molecule has 0 saturated heterocycles. The van der Waals surface area contributed by atoms with Crippen molar-refractivity contribution in [1.29, 1.82) is 0 Å². The summed E-state index contributed by atoms with van der Waals surface area (Å²) in [6.07, 6.45) is 3.06. The average Bonchev–Trinajstić information content (AvgIpc) is 2.74. The summed E-state index contributed by atoms with van der Waals surface area (Å²) in [6.45, 7) is 0. The molecule has 0 aliphatic rings. The van der Waals surface area contributed by atoms with Crippen LogP contribution in [0.4, 0.5) is 11.4 Å². The highest BCUT2D eigenvalue weighted by atomic mass is 16.6. The van der Waals surface area contributed by atoms with Crippen LogP contribution in [0.3, 0.4) is 0 Å². The van der Waals surface area contributed by atoms with Crippen LogP contribution in [0.25, 0.3) is 0 Å². The topological polar surface area (TPSA) is 161 Å². The quantitative estimate of drug-likeness (QED) is 0.340. The molecule has 2 aromatic carbocycles. The Morgan fingerprint density at radius 1 is 0.833 bits per heavy atom. The van der Waals surface area contributed by atoms with E-state index in [9.17, 15) is 29.9 Å². The van der Waals surface area contributed by atoms with Gasteiger partial charge in [-0.2, -0.15) is 5.10 Å². The van der Waals surface area contributed by atoms with Gasteiger partial charge >= 0.3 is 0 Å². The molecular formula is C20H12N4O6-2. The fourth-order valence-corrected chi connectivity index (χ4v) is 2.59. The second-order valence-corrected chi connectivity index (χ2v) is 5.99. The Balaban J connectivity index is 2.04. The van der Waals surface area contributed by atoms with E-state index < -0.39 is 16.9 Å². The number of carbonyl (C=O) groups is 2. The number of benzene rings is 2. The number of nitro benzene ring substituents is 1. The Bertz CT molecular complexity index is 1110. The molecule has 3 rings (SSSR count). The van der Waals surface area contributed by atoms with Gasteiger partial charge in [-0.25, -0.2) is 0 Å². The molecule has 0 amide bonds. The number of rotatable bonds is 7. The van der Waals surface area contributed by atoms with Crippen LogP contribution < -0.4 is 15.6 Å². The van der Waals surface area contributed by atoms with E-state index in [0.717, 1.165) is 18.2 Å². The van der Waals surface area contributed by atoms with Crippen LogP contribution in [-0.4, -0.2) is 27.6 Å². The molecular weight excluding hydrogens is 392 g/mol. The van der Waals surface area contributed by atoms with Crippen LogP contribution in [0.5, 0.6) is 0 Å². The van der Waals surface area contributed by atoms with E-state index in [4.69, 9.17) is 0 Å². The van der Waals surface area contributed by atoms with Crippen molar-refractivity contribution < 1.29 is 24.7 Å². The standard InChI is InChI=1S/C20H14N4O6/c25-19(26)14-9-15(20(27)28)11-16(10-14)22-23-18(13-5-7-21-8-6-13)12-1-3-17(4-2-12)24(29)30/h1-11,22H,(H,25,26)(H,27,28)/p-2/b23-18+. The van der Waals surface area contributed by atoms with Gasteiger partial charge in [0.25, 0.3) is 5.69 Å². The molecule has 150 valence electrons. The number of anilines is 1. The number of aromatic carboxylic acids is 2. The van der Waals surface area contributed by atoms with Crippen molar-refractivity contribution in [3.8, 4) is 0 Å². The van der Waals surface area contributed by atoms with Crippen molar-refractivity contribution in [1.82, 2.24) is 4.98 Å². The normalized spacial score (nSPS) is 11.0. The SMILES string of the molecule is O=C([O-])c1cc(N/N=C(/c2ccncc2)c2ccc([N+](=O)[O-])cc2)cc(C(=O)[O-])c1. The first kappa shape index (κ1) is 20.1. The Morgan fingerprint density at radius 3 is 1.87 bits per heavy atom. The third-order valence-corrected chi connectivity index (χ3v) is 4.01. The summed E-state index contributed by atoms with van der Waals surface area (Å²) in [5.41, 5.74) is 3.37. The van der Waals surface area contributed by atoms with E-state index in [-0.39, 0.29) is 22.5 Å². The van der Waals surface area contributed by atoms with E-state index >= 15 is 0 Å². The Kier molecular flexibility index (Phi) is 5.78. The van der Waals surface area contributed by atoms with Crippen LogP contribution in [0.15, 0.2) is 72.1 Å². The number of hydrogen-bond donors (Lipinski definition) is 1. The maximum Gasteiger partial charge on any atom is 0.269 e. The Hall–Kier alpha value is -4.60. The number of aromatic nitrogens is 1. The van der Waals surface area contributed by atoms with Crippen molar-refractivity contribution in [2.24, 2.45) is 5.10 Å². The molecule has 0 atom stereocenters. The third kappa shape index (κ3) is 4.62. The van der Waals surface area contributed by atoms with Gasteiger partial charge in [-0.15, -0.1) is 0 Å². The lowest BCUT2D eigenvalue weighted by atomic mass is 10.0. The first-order chi connectivity index (χ1) is 14.3. The van der Waals surface area contributed by atoms with Crippen molar-refractivity contribution in [3.63, 3.8) is 0 Å². The molecule has 10 heteroatoms. The minimum absolute atomic E-state index is 0.0735. The summed E-state index contributed by atoms with van der Waals surface area (Å²) in [5.74, 6) is -3.12. The largest absolute Gasteiger partial charge is 0.545 e. The zero-order valence-corrected chi connectivity index (χ0v) is 15.1. The highest BCUT2D eigenvalue weighted by Gasteiger charge is 2.11. The molecule has 10 nitrogen and oxygen atoms in total. The molecule has 1 heterocycles. The number of carbonyl (C=O) groups excluding carboxylic acids is 2. The lowest BCUT2D eigenvalue weighted by Gasteiger charge is -2.12. The fraction of sp³-hybridized carbons (Fsp3) is 0. The molecule has 1 N–H and O–H groups in total. The van der Waals surface area contributed by atoms with Gasteiger partial charge in [-0.3, -0.25) is 20.5 Å². The monoisotopic (exact) mass is 404 g/mol. The summed E-state index contributed by atoms with van der Waals surface area (Å²) < 4.78 is 0. The van der Waals surface area contributed by atoms with Gasteiger partial charge < -0.3 is 19.8 Å².